The van der Waals surface area contributed by atoms with Crippen LogP contribution < -0.4 is 4.90 Å². The zero-order valence-electron chi connectivity index (χ0n) is 17.2. The number of pyridine rings is 2. The lowest BCUT2D eigenvalue weighted by molar-refractivity contribution is 0.578. The SMILES string of the molecule is Cc1ccc(-n2c(-c3ccc(C#N)c(F)c3)nc3c(N4CCCCC4)ccnc32)nc1. The minimum Gasteiger partial charge on any atom is -0.370 e. The van der Waals surface area contributed by atoms with E-state index in [1.807, 2.05) is 35.8 Å². The van der Waals surface area contributed by atoms with Crippen molar-refractivity contribution in [2.75, 3.05) is 18.0 Å². The van der Waals surface area contributed by atoms with E-state index in [9.17, 15) is 4.39 Å². The van der Waals surface area contributed by atoms with Crippen LogP contribution in [0.4, 0.5) is 10.1 Å². The maximum atomic E-state index is 14.4. The summed E-state index contributed by atoms with van der Waals surface area (Å²) >= 11 is 0. The molecule has 1 aliphatic heterocycles. The Hall–Kier alpha value is -3.79. The van der Waals surface area contributed by atoms with E-state index in [2.05, 4.69) is 14.9 Å². The van der Waals surface area contributed by atoms with Crippen LogP contribution in [-0.2, 0) is 0 Å². The summed E-state index contributed by atoms with van der Waals surface area (Å²) in [7, 11) is 0. The number of fused-ring (bicyclic) bond motifs is 1. The molecule has 0 unspecified atom stereocenters. The molecule has 7 heteroatoms. The normalized spacial score (nSPS) is 14.0. The lowest BCUT2D eigenvalue weighted by Gasteiger charge is -2.28. The molecule has 31 heavy (non-hydrogen) atoms. The average Bonchev–Trinajstić information content (AvgIpc) is 3.20. The molecule has 0 aliphatic carbocycles. The Morgan fingerprint density at radius 3 is 2.58 bits per heavy atom. The molecule has 0 spiro atoms. The summed E-state index contributed by atoms with van der Waals surface area (Å²) < 4.78 is 16.3. The fourth-order valence-electron chi connectivity index (χ4n) is 4.10. The highest BCUT2D eigenvalue weighted by Crippen LogP contribution is 2.33. The Balaban J connectivity index is 1.77. The Labute approximate surface area is 179 Å². The van der Waals surface area contributed by atoms with Crippen molar-refractivity contribution in [3.63, 3.8) is 0 Å². The van der Waals surface area contributed by atoms with Gasteiger partial charge in [-0.3, -0.25) is 4.57 Å². The number of anilines is 1. The molecule has 0 radical (unpaired) electrons. The van der Waals surface area contributed by atoms with Gasteiger partial charge >= 0.3 is 0 Å². The minimum absolute atomic E-state index is 0.00648. The lowest BCUT2D eigenvalue weighted by atomic mass is 10.1. The van der Waals surface area contributed by atoms with Crippen LogP contribution in [0.2, 0.25) is 0 Å². The van der Waals surface area contributed by atoms with E-state index in [1.165, 1.54) is 18.6 Å². The first-order valence-electron chi connectivity index (χ1n) is 10.4. The van der Waals surface area contributed by atoms with Gasteiger partial charge in [0.15, 0.2) is 5.65 Å². The second kappa shape index (κ2) is 7.80. The van der Waals surface area contributed by atoms with Crippen molar-refractivity contribution in [1.29, 1.82) is 5.26 Å². The van der Waals surface area contributed by atoms with Gasteiger partial charge in [0.25, 0.3) is 0 Å². The van der Waals surface area contributed by atoms with Crippen molar-refractivity contribution in [2.24, 2.45) is 0 Å². The van der Waals surface area contributed by atoms with Crippen molar-refractivity contribution in [3.8, 4) is 23.3 Å². The minimum atomic E-state index is -0.570. The highest BCUT2D eigenvalue weighted by atomic mass is 19.1. The van der Waals surface area contributed by atoms with Crippen LogP contribution in [0.15, 0.2) is 48.8 Å². The molecule has 1 aliphatic rings. The smallest absolute Gasteiger partial charge is 0.168 e. The fraction of sp³-hybridized carbons (Fsp3) is 0.250. The number of hydrogen-bond donors (Lipinski definition) is 0. The van der Waals surface area contributed by atoms with Crippen molar-refractivity contribution in [1.82, 2.24) is 19.5 Å². The number of aromatic nitrogens is 4. The maximum Gasteiger partial charge on any atom is 0.168 e. The highest BCUT2D eigenvalue weighted by molar-refractivity contribution is 5.90. The molecule has 0 amide bonds. The quantitative estimate of drug-likeness (QED) is 0.484. The van der Waals surface area contributed by atoms with Gasteiger partial charge in [0.2, 0.25) is 0 Å². The Kier molecular flexibility index (Phi) is 4.83. The van der Waals surface area contributed by atoms with Crippen molar-refractivity contribution in [3.05, 3.63) is 65.7 Å². The molecule has 6 nitrogen and oxygen atoms in total. The molecule has 1 saturated heterocycles. The Morgan fingerprint density at radius 2 is 1.87 bits per heavy atom. The zero-order valence-corrected chi connectivity index (χ0v) is 17.2. The number of benzene rings is 1. The van der Waals surface area contributed by atoms with Crippen LogP contribution in [0.25, 0.3) is 28.4 Å². The molecule has 1 fully saturated rings. The highest BCUT2D eigenvalue weighted by Gasteiger charge is 2.22. The van der Waals surface area contributed by atoms with Crippen molar-refractivity contribution < 1.29 is 4.39 Å². The van der Waals surface area contributed by atoms with Gasteiger partial charge in [0.1, 0.15) is 29.0 Å². The van der Waals surface area contributed by atoms with Gasteiger partial charge in [-0.05, 0) is 62.1 Å². The van der Waals surface area contributed by atoms with E-state index in [4.69, 9.17) is 10.2 Å². The third-order valence-corrected chi connectivity index (χ3v) is 5.69. The van der Waals surface area contributed by atoms with Gasteiger partial charge in [-0.15, -0.1) is 0 Å². The Morgan fingerprint density at radius 1 is 1.03 bits per heavy atom. The number of nitrogens with zero attached hydrogens (tertiary/aromatic N) is 6. The first kappa shape index (κ1) is 19.2. The third-order valence-electron chi connectivity index (χ3n) is 5.69. The summed E-state index contributed by atoms with van der Waals surface area (Å²) in [5, 5.41) is 9.10. The fourth-order valence-corrected chi connectivity index (χ4v) is 4.10. The number of hydrogen-bond acceptors (Lipinski definition) is 5. The molecule has 3 aromatic heterocycles. The third kappa shape index (κ3) is 3.40. The maximum absolute atomic E-state index is 14.4. The summed E-state index contributed by atoms with van der Waals surface area (Å²) in [5.41, 5.74) is 4.10. The Bertz CT molecular complexity index is 1300. The standard InChI is InChI=1S/C24H21FN6/c1-16-5-8-21(28-15-16)31-23(17-6-7-18(14-26)19(25)13-17)29-22-20(9-10-27-24(22)31)30-11-3-2-4-12-30/h5-10,13,15H,2-4,11-12H2,1H3. The van der Waals surface area contributed by atoms with E-state index in [0.29, 0.717) is 22.9 Å². The number of aryl methyl sites for hydroxylation is 1. The largest absolute Gasteiger partial charge is 0.370 e. The monoisotopic (exact) mass is 412 g/mol. The molecule has 0 saturated carbocycles. The summed E-state index contributed by atoms with van der Waals surface area (Å²) in [6.45, 7) is 3.94. The molecule has 0 bridgehead atoms. The predicted molar refractivity (Wildman–Crippen MR) is 118 cm³/mol. The summed E-state index contributed by atoms with van der Waals surface area (Å²) in [6.07, 6.45) is 7.12. The number of halogens is 1. The van der Waals surface area contributed by atoms with Crippen LogP contribution >= 0.6 is 0 Å². The number of rotatable bonds is 3. The predicted octanol–water partition coefficient (Wildman–Crippen LogP) is 4.79. The van der Waals surface area contributed by atoms with Gasteiger partial charge in [0.05, 0.1) is 11.3 Å². The topological polar surface area (TPSA) is 70.6 Å². The summed E-state index contributed by atoms with van der Waals surface area (Å²) in [5.74, 6) is 0.641. The van der Waals surface area contributed by atoms with Gasteiger partial charge in [-0.1, -0.05) is 6.07 Å². The lowest BCUT2D eigenvalue weighted by Crippen LogP contribution is -2.29. The molecular weight excluding hydrogens is 391 g/mol. The van der Waals surface area contributed by atoms with Gasteiger partial charge < -0.3 is 4.90 Å². The van der Waals surface area contributed by atoms with E-state index in [-0.39, 0.29) is 5.56 Å². The summed E-state index contributed by atoms with van der Waals surface area (Å²) in [4.78, 5) is 16.5. The number of piperidine rings is 1. The zero-order chi connectivity index (χ0) is 21.4. The van der Waals surface area contributed by atoms with Crippen LogP contribution in [0.3, 0.4) is 0 Å². The van der Waals surface area contributed by atoms with Gasteiger partial charge in [0, 0.05) is 31.0 Å². The van der Waals surface area contributed by atoms with Crippen molar-refractivity contribution in [2.45, 2.75) is 26.2 Å². The van der Waals surface area contributed by atoms with Crippen LogP contribution in [-0.4, -0.2) is 32.6 Å². The van der Waals surface area contributed by atoms with Crippen LogP contribution in [0.1, 0.15) is 30.4 Å². The average molecular weight is 412 g/mol. The molecule has 5 rings (SSSR count). The van der Waals surface area contributed by atoms with Crippen LogP contribution in [0, 0.1) is 24.1 Å². The first-order valence-corrected chi connectivity index (χ1v) is 10.4. The number of imidazole rings is 1. The molecule has 4 aromatic rings. The van der Waals surface area contributed by atoms with Gasteiger partial charge in [-0.2, -0.15) is 5.26 Å². The second-order valence-corrected chi connectivity index (χ2v) is 7.82. The second-order valence-electron chi connectivity index (χ2n) is 7.82. The molecular formula is C24H21FN6. The molecule has 4 heterocycles. The van der Waals surface area contributed by atoms with E-state index >= 15 is 0 Å². The van der Waals surface area contributed by atoms with Crippen LogP contribution in [0.5, 0.6) is 0 Å². The van der Waals surface area contributed by atoms with Crippen molar-refractivity contribution >= 4 is 16.9 Å². The van der Waals surface area contributed by atoms with E-state index in [1.54, 1.807) is 18.5 Å². The summed E-state index contributed by atoms with van der Waals surface area (Å²) in [6, 6.07) is 12.3. The van der Waals surface area contributed by atoms with E-state index < -0.39 is 5.82 Å². The first-order chi connectivity index (χ1) is 15.2. The molecule has 1 aromatic carbocycles. The number of nitriles is 1. The molecule has 0 atom stereocenters. The van der Waals surface area contributed by atoms with E-state index in [0.717, 1.165) is 42.7 Å². The molecule has 154 valence electrons. The van der Waals surface area contributed by atoms with Gasteiger partial charge in [-0.25, -0.2) is 19.3 Å². The molecule has 0 N–H and O–H groups in total.